The molecule has 5 atom stereocenters. The lowest BCUT2D eigenvalue weighted by Gasteiger charge is -2.29. The number of amides is 2. The van der Waals surface area contributed by atoms with Crippen LogP contribution < -0.4 is 9.46 Å². The van der Waals surface area contributed by atoms with Crippen LogP contribution in [-0.2, 0) is 40.5 Å². The summed E-state index contributed by atoms with van der Waals surface area (Å²) < 4.78 is 57.7. The number of fused-ring (bicyclic) bond motifs is 3. The Bertz CT molecular complexity index is 2550. The zero-order valence-electron chi connectivity index (χ0n) is 37.6. The zero-order valence-corrected chi connectivity index (χ0v) is 39.3. The number of nitrogens with one attached hydrogen (secondary N) is 1. The Kier molecular flexibility index (Phi) is 13.8. The minimum absolute atomic E-state index is 0.0115. The summed E-state index contributed by atoms with van der Waals surface area (Å²) in [5.41, 5.74) is 1.39. The van der Waals surface area contributed by atoms with Crippen LogP contribution in [0.5, 0.6) is 6.01 Å². The summed E-state index contributed by atoms with van der Waals surface area (Å²) in [4.78, 5) is 68.1. The minimum Gasteiger partial charge on any atom is -0.460 e. The third kappa shape index (κ3) is 10.4. The van der Waals surface area contributed by atoms with Gasteiger partial charge in [0.2, 0.25) is 11.8 Å². The molecule has 7 rings (SSSR count). The Morgan fingerprint density at radius 1 is 1.06 bits per heavy atom. The first-order valence-electron chi connectivity index (χ1n) is 22.1. The van der Waals surface area contributed by atoms with Crippen molar-refractivity contribution in [2.45, 2.75) is 123 Å². The first-order chi connectivity index (χ1) is 30.3. The molecule has 0 spiro atoms. The number of ether oxygens (including phenoxy) is 2. The van der Waals surface area contributed by atoms with E-state index in [9.17, 15) is 32.0 Å². The average molecular weight is 919 g/mol. The van der Waals surface area contributed by atoms with Gasteiger partial charge in [-0.25, -0.2) is 14.1 Å². The highest BCUT2D eigenvalue weighted by Crippen LogP contribution is 2.57. The van der Waals surface area contributed by atoms with Crippen LogP contribution in [0.1, 0.15) is 110 Å². The topological polar surface area (TPSA) is 170 Å². The summed E-state index contributed by atoms with van der Waals surface area (Å²) in [7, 11) is -1.53. The highest BCUT2D eigenvalue weighted by molar-refractivity contribution is 7.87. The molecule has 2 aliphatic heterocycles. The van der Waals surface area contributed by atoms with Crippen molar-refractivity contribution in [2.24, 2.45) is 17.3 Å². The van der Waals surface area contributed by atoms with Gasteiger partial charge in [-0.3, -0.25) is 23.7 Å². The van der Waals surface area contributed by atoms with E-state index in [0.717, 1.165) is 33.9 Å². The van der Waals surface area contributed by atoms with Crippen LogP contribution in [0.15, 0.2) is 60.0 Å². The Labute approximate surface area is 378 Å². The Balaban J connectivity index is 1.22. The van der Waals surface area contributed by atoms with Gasteiger partial charge >= 0.3 is 16.2 Å². The van der Waals surface area contributed by atoms with Crippen LogP contribution in [0.4, 0.5) is 4.39 Å². The molecule has 3 aliphatic rings. The van der Waals surface area contributed by atoms with Gasteiger partial charge in [-0.15, -0.1) is 11.3 Å². The van der Waals surface area contributed by atoms with E-state index in [-0.39, 0.29) is 61.9 Å². The van der Waals surface area contributed by atoms with E-state index in [4.69, 9.17) is 19.4 Å². The molecule has 0 bridgehead atoms. The van der Waals surface area contributed by atoms with Gasteiger partial charge in [-0.1, -0.05) is 49.3 Å². The van der Waals surface area contributed by atoms with E-state index in [1.54, 1.807) is 39.0 Å². The molecule has 64 heavy (non-hydrogen) atoms. The second-order valence-corrected chi connectivity index (χ2v) is 21.6. The van der Waals surface area contributed by atoms with E-state index >= 15 is 0 Å². The number of benzene rings is 2. The number of carbonyl (C=O) groups excluding carboxylic acids is 4. The van der Waals surface area contributed by atoms with E-state index in [2.05, 4.69) is 4.72 Å². The van der Waals surface area contributed by atoms with Crippen molar-refractivity contribution in [1.29, 1.82) is 0 Å². The maximum atomic E-state index is 14.8. The third-order valence-corrected chi connectivity index (χ3v) is 14.6. The number of rotatable bonds is 11. The number of ketones is 1. The fraction of sp³-hybridized carbons (Fsp3) is 0.532. The molecule has 1 saturated heterocycles. The third-order valence-electron chi connectivity index (χ3n) is 12.3. The molecule has 2 aromatic carbocycles. The molecule has 1 aliphatic carbocycles. The van der Waals surface area contributed by atoms with E-state index in [0.29, 0.717) is 41.8 Å². The van der Waals surface area contributed by atoms with Gasteiger partial charge in [-0.2, -0.15) is 17.7 Å². The van der Waals surface area contributed by atoms with E-state index in [1.807, 2.05) is 54.1 Å². The number of esters is 1. The van der Waals surface area contributed by atoms with Crippen LogP contribution in [0.2, 0.25) is 0 Å². The highest BCUT2D eigenvalue weighted by Gasteiger charge is 2.61. The van der Waals surface area contributed by atoms with Gasteiger partial charge in [0, 0.05) is 56.3 Å². The van der Waals surface area contributed by atoms with Gasteiger partial charge in [0.1, 0.15) is 28.0 Å². The van der Waals surface area contributed by atoms with E-state index in [1.165, 1.54) is 36.4 Å². The van der Waals surface area contributed by atoms with Crippen molar-refractivity contribution in [3.63, 3.8) is 0 Å². The molecule has 1 N–H and O–H groups in total. The Morgan fingerprint density at radius 3 is 2.55 bits per heavy atom. The first kappa shape index (κ1) is 47.0. The van der Waals surface area contributed by atoms with Gasteiger partial charge < -0.3 is 14.4 Å². The van der Waals surface area contributed by atoms with Crippen LogP contribution in [0.25, 0.3) is 21.6 Å². The molecule has 2 aromatic heterocycles. The maximum absolute atomic E-state index is 14.8. The second kappa shape index (κ2) is 18.8. The molecule has 17 heteroatoms. The molecule has 2 amide bonds. The molecule has 14 nitrogen and oxygen atoms in total. The number of para-hydroxylation sites is 1. The fourth-order valence-electron chi connectivity index (χ4n) is 8.87. The number of hydrogen-bond acceptors (Lipinski definition) is 11. The number of allylic oxidation sites excluding steroid dienone is 2. The van der Waals surface area contributed by atoms with Gasteiger partial charge in [-0.05, 0) is 90.0 Å². The summed E-state index contributed by atoms with van der Waals surface area (Å²) in [6, 6.07) is 11.6. The van der Waals surface area contributed by atoms with Crippen LogP contribution in [-0.4, -0.2) is 94.1 Å². The van der Waals surface area contributed by atoms with Gasteiger partial charge in [0.05, 0.1) is 35.6 Å². The van der Waals surface area contributed by atoms with Gasteiger partial charge in [0.15, 0.2) is 5.78 Å². The predicted octanol–water partition coefficient (Wildman–Crippen LogP) is 7.58. The maximum Gasteiger partial charge on any atom is 0.307 e. The van der Waals surface area contributed by atoms with Gasteiger partial charge in [0.25, 0.3) is 6.01 Å². The summed E-state index contributed by atoms with van der Waals surface area (Å²) in [6.45, 7) is 9.33. The quantitative estimate of drug-likeness (QED) is 0.117. The van der Waals surface area contributed by atoms with E-state index < -0.39 is 56.9 Å². The Morgan fingerprint density at radius 2 is 1.83 bits per heavy atom. The van der Waals surface area contributed by atoms with Crippen molar-refractivity contribution in [3.05, 3.63) is 77.1 Å². The summed E-state index contributed by atoms with van der Waals surface area (Å²) in [6.07, 6.45) is 6.78. The minimum atomic E-state index is -4.16. The largest absolute Gasteiger partial charge is 0.460 e. The zero-order chi connectivity index (χ0) is 46.1. The lowest BCUT2D eigenvalue weighted by molar-refractivity contribution is -0.159. The van der Waals surface area contributed by atoms with Crippen LogP contribution in [0.3, 0.4) is 0 Å². The molecule has 0 unspecified atom stereocenters. The van der Waals surface area contributed by atoms with Crippen molar-refractivity contribution >= 4 is 56.1 Å². The summed E-state index contributed by atoms with van der Waals surface area (Å²) in [5, 5.41) is 2.62. The fourth-order valence-corrected chi connectivity index (χ4v) is 10.3. The normalized spacial score (nSPS) is 23.9. The SMILES string of the molecule is CC(C)n1c(O[C@@H]2C[C@H]3C(=O)C[C@]4(C(=O)NS(=O)(=O)N(C)C)C[C@H]4/C=C\CCCCC[C@H](CC(=O)OC(C)(C)C)C(=O)N3C2)nc2c(-c3nc(Cc4ccccc4F)cs3)cccc21. The number of carbonyl (C=O) groups is 4. The Hall–Kier alpha value is -5.00. The average Bonchev–Trinajstić information content (AvgIpc) is 3.53. The number of imidazole rings is 1. The molecular weight excluding hydrogens is 860 g/mol. The molecule has 1 saturated carbocycles. The summed E-state index contributed by atoms with van der Waals surface area (Å²) in [5.74, 6) is -3.48. The standard InChI is InChI=1S/C47H59FN6O8S2/c1-29(2)54-37-21-15-19-35(42-49-33(28-63-42)22-30-16-13-14-20-36(30)48)41(37)50-45(54)61-34-24-38-39(55)26-47(44(58)51-64(59,60)52(6)7)25-32(47)18-12-10-8-9-11-17-31(43(57)53(38)27-34)23-40(56)62-46(3,4)5/h12-16,18-21,28-29,31-32,34,38H,8-11,17,22-27H2,1-7H3,(H,51,58)/b18-12-/t31-,32-,34-,38+,47-/m1/s1. The summed E-state index contributed by atoms with van der Waals surface area (Å²) >= 11 is 1.44. The molecule has 4 heterocycles. The van der Waals surface area contributed by atoms with Crippen LogP contribution in [0, 0.1) is 23.1 Å². The number of hydrogen-bond donors (Lipinski definition) is 1. The number of nitrogens with zero attached hydrogens (tertiary/aromatic N) is 5. The number of thiazole rings is 1. The number of halogens is 1. The van der Waals surface area contributed by atoms with Crippen LogP contribution >= 0.6 is 11.3 Å². The van der Waals surface area contributed by atoms with Crippen molar-refractivity contribution in [1.82, 2.24) is 28.5 Å². The molecule has 2 fully saturated rings. The molecule has 4 aromatic rings. The molecular formula is C47H59FN6O8S2. The van der Waals surface area contributed by atoms with Crippen molar-refractivity contribution in [2.75, 3.05) is 20.6 Å². The van der Waals surface area contributed by atoms with Crippen molar-refractivity contribution in [3.8, 4) is 16.6 Å². The lowest BCUT2D eigenvalue weighted by Crippen LogP contribution is -2.47. The second-order valence-electron chi connectivity index (χ2n) is 18.8. The molecule has 0 radical (unpaired) electrons. The number of Topliss-reactive ketones (excluding diaryl/α,β-unsaturated/α-hetero) is 1. The smallest absolute Gasteiger partial charge is 0.307 e. The van der Waals surface area contributed by atoms with Crippen molar-refractivity contribution < 1.29 is 41.5 Å². The highest BCUT2D eigenvalue weighted by atomic mass is 32.2. The predicted molar refractivity (Wildman–Crippen MR) is 242 cm³/mol. The lowest BCUT2D eigenvalue weighted by atomic mass is 9.90. The first-order valence-corrected chi connectivity index (χ1v) is 24.4. The monoisotopic (exact) mass is 918 g/mol. The number of aromatic nitrogens is 3. The molecule has 344 valence electrons.